The summed E-state index contributed by atoms with van der Waals surface area (Å²) in [5.74, 6) is 0.246. The first-order valence-electron chi connectivity index (χ1n) is 7.48. The molecular formula is C18H21FN2S. The minimum atomic E-state index is -0.230. The van der Waals surface area contributed by atoms with Crippen LogP contribution in [0.2, 0.25) is 0 Å². The molecule has 2 aromatic carbocycles. The normalized spacial score (nSPS) is 11.8. The summed E-state index contributed by atoms with van der Waals surface area (Å²) in [6.07, 6.45) is 1.08. The van der Waals surface area contributed by atoms with Crippen molar-refractivity contribution in [2.75, 3.05) is 5.32 Å². The molecule has 0 aliphatic carbocycles. The SMILES string of the molecule is CCC(C)c1ccccc1NC(=S)NCc1ccc(F)cc1. The maximum absolute atomic E-state index is 12.9. The molecule has 0 heterocycles. The van der Waals surface area contributed by atoms with Crippen molar-refractivity contribution in [2.24, 2.45) is 0 Å². The summed E-state index contributed by atoms with van der Waals surface area (Å²) >= 11 is 5.35. The second-order valence-electron chi connectivity index (χ2n) is 5.33. The van der Waals surface area contributed by atoms with Crippen LogP contribution in [-0.2, 0) is 6.54 Å². The lowest BCUT2D eigenvalue weighted by Crippen LogP contribution is -2.28. The standard InChI is InChI=1S/C18H21FN2S/c1-3-13(2)16-6-4-5-7-17(16)21-18(22)20-12-14-8-10-15(19)11-9-14/h4-11,13H,3,12H2,1-2H3,(H2,20,21,22). The van der Waals surface area contributed by atoms with E-state index < -0.39 is 0 Å². The maximum Gasteiger partial charge on any atom is 0.171 e. The lowest BCUT2D eigenvalue weighted by atomic mass is 9.97. The van der Waals surface area contributed by atoms with Gasteiger partial charge in [-0.2, -0.15) is 0 Å². The van der Waals surface area contributed by atoms with E-state index in [1.165, 1.54) is 17.7 Å². The van der Waals surface area contributed by atoms with Crippen LogP contribution in [0.25, 0.3) is 0 Å². The van der Waals surface area contributed by atoms with Crippen molar-refractivity contribution in [3.8, 4) is 0 Å². The van der Waals surface area contributed by atoms with Crippen LogP contribution in [0.15, 0.2) is 48.5 Å². The second-order valence-corrected chi connectivity index (χ2v) is 5.74. The predicted octanol–water partition coefficient (Wildman–Crippen LogP) is 4.83. The Labute approximate surface area is 136 Å². The molecule has 0 saturated heterocycles. The average molecular weight is 316 g/mol. The molecule has 0 bridgehead atoms. The molecule has 0 amide bonds. The first kappa shape index (κ1) is 16.4. The molecule has 1 atom stereocenters. The number of nitrogens with one attached hydrogen (secondary N) is 2. The molecule has 2 rings (SSSR count). The van der Waals surface area contributed by atoms with E-state index in [0.29, 0.717) is 17.6 Å². The van der Waals surface area contributed by atoms with Gasteiger partial charge in [0.05, 0.1) is 0 Å². The van der Waals surface area contributed by atoms with E-state index in [9.17, 15) is 4.39 Å². The highest BCUT2D eigenvalue weighted by Crippen LogP contribution is 2.26. The molecule has 0 aliphatic rings. The Bertz CT molecular complexity index is 625. The third kappa shape index (κ3) is 4.53. The Morgan fingerprint density at radius 3 is 2.50 bits per heavy atom. The van der Waals surface area contributed by atoms with E-state index in [-0.39, 0.29) is 5.82 Å². The molecule has 0 spiro atoms. The highest BCUT2D eigenvalue weighted by Gasteiger charge is 2.09. The summed E-state index contributed by atoms with van der Waals surface area (Å²) in [7, 11) is 0. The monoisotopic (exact) mass is 316 g/mol. The van der Waals surface area contributed by atoms with Crippen LogP contribution in [0, 0.1) is 5.82 Å². The summed E-state index contributed by atoms with van der Waals surface area (Å²) in [5.41, 5.74) is 3.28. The van der Waals surface area contributed by atoms with Gasteiger partial charge in [-0.1, -0.05) is 44.2 Å². The summed E-state index contributed by atoms with van der Waals surface area (Å²) < 4.78 is 12.9. The van der Waals surface area contributed by atoms with Crippen LogP contribution in [0.1, 0.15) is 37.3 Å². The number of anilines is 1. The van der Waals surface area contributed by atoms with Crippen LogP contribution in [0.5, 0.6) is 0 Å². The van der Waals surface area contributed by atoms with Crippen molar-refractivity contribution < 1.29 is 4.39 Å². The molecule has 0 radical (unpaired) electrons. The Kier molecular flexibility index (Phi) is 5.90. The zero-order chi connectivity index (χ0) is 15.9. The molecule has 2 N–H and O–H groups in total. The lowest BCUT2D eigenvalue weighted by molar-refractivity contribution is 0.627. The molecule has 4 heteroatoms. The van der Waals surface area contributed by atoms with Gasteiger partial charge in [0.1, 0.15) is 5.82 Å². The maximum atomic E-state index is 12.9. The number of thiocarbonyl (C=S) groups is 1. The van der Waals surface area contributed by atoms with Gasteiger partial charge in [0, 0.05) is 12.2 Å². The van der Waals surface area contributed by atoms with Gasteiger partial charge in [-0.25, -0.2) is 4.39 Å². The smallest absolute Gasteiger partial charge is 0.171 e. The van der Waals surface area contributed by atoms with E-state index >= 15 is 0 Å². The largest absolute Gasteiger partial charge is 0.358 e. The van der Waals surface area contributed by atoms with Crippen molar-refractivity contribution in [3.63, 3.8) is 0 Å². The highest BCUT2D eigenvalue weighted by molar-refractivity contribution is 7.80. The van der Waals surface area contributed by atoms with E-state index in [1.54, 1.807) is 12.1 Å². The van der Waals surface area contributed by atoms with Crippen LogP contribution in [-0.4, -0.2) is 5.11 Å². The van der Waals surface area contributed by atoms with Crippen molar-refractivity contribution in [2.45, 2.75) is 32.7 Å². The van der Waals surface area contributed by atoms with Gasteiger partial charge >= 0.3 is 0 Å². The fourth-order valence-electron chi connectivity index (χ4n) is 2.21. The average Bonchev–Trinajstić information content (AvgIpc) is 2.54. The zero-order valence-electron chi connectivity index (χ0n) is 12.9. The molecule has 0 saturated carbocycles. The molecule has 2 nitrogen and oxygen atoms in total. The van der Waals surface area contributed by atoms with Crippen LogP contribution >= 0.6 is 12.2 Å². The van der Waals surface area contributed by atoms with Gasteiger partial charge in [-0.3, -0.25) is 0 Å². The number of hydrogen-bond donors (Lipinski definition) is 2. The van der Waals surface area contributed by atoms with Crippen LogP contribution < -0.4 is 10.6 Å². The van der Waals surface area contributed by atoms with Gasteiger partial charge in [-0.15, -0.1) is 0 Å². The van der Waals surface area contributed by atoms with Crippen molar-refractivity contribution in [3.05, 3.63) is 65.5 Å². The summed E-state index contributed by atoms with van der Waals surface area (Å²) in [4.78, 5) is 0. The Morgan fingerprint density at radius 1 is 1.14 bits per heavy atom. The topological polar surface area (TPSA) is 24.1 Å². The minimum Gasteiger partial charge on any atom is -0.358 e. The number of rotatable bonds is 5. The highest BCUT2D eigenvalue weighted by atomic mass is 32.1. The fraction of sp³-hybridized carbons (Fsp3) is 0.278. The number of halogens is 1. The third-order valence-corrected chi connectivity index (χ3v) is 3.97. The molecule has 0 fully saturated rings. The predicted molar refractivity (Wildman–Crippen MR) is 94.6 cm³/mol. The number of para-hydroxylation sites is 1. The summed E-state index contributed by atoms with van der Waals surface area (Å²) in [5, 5.41) is 6.97. The minimum absolute atomic E-state index is 0.230. The van der Waals surface area contributed by atoms with E-state index in [0.717, 1.165) is 17.7 Å². The first-order chi connectivity index (χ1) is 10.6. The number of hydrogen-bond acceptors (Lipinski definition) is 1. The second kappa shape index (κ2) is 7.90. The van der Waals surface area contributed by atoms with Gasteiger partial charge in [0.15, 0.2) is 5.11 Å². The zero-order valence-corrected chi connectivity index (χ0v) is 13.7. The quantitative estimate of drug-likeness (QED) is 0.773. The Hall–Kier alpha value is -1.94. The van der Waals surface area contributed by atoms with Gasteiger partial charge in [-0.05, 0) is 53.9 Å². The molecule has 1 unspecified atom stereocenters. The van der Waals surface area contributed by atoms with E-state index in [2.05, 4.69) is 30.5 Å². The Balaban J connectivity index is 1.96. The molecule has 2 aromatic rings. The lowest BCUT2D eigenvalue weighted by Gasteiger charge is -2.17. The first-order valence-corrected chi connectivity index (χ1v) is 7.89. The van der Waals surface area contributed by atoms with Gasteiger partial charge < -0.3 is 10.6 Å². The van der Waals surface area contributed by atoms with Crippen molar-refractivity contribution in [1.82, 2.24) is 5.32 Å². The summed E-state index contributed by atoms with van der Waals surface area (Å²) in [6.45, 7) is 4.94. The number of benzene rings is 2. The van der Waals surface area contributed by atoms with E-state index in [4.69, 9.17) is 12.2 Å². The molecular weight excluding hydrogens is 295 g/mol. The van der Waals surface area contributed by atoms with Gasteiger partial charge in [0.25, 0.3) is 0 Å². The van der Waals surface area contributed by atoms with Crippen molar-refractivity contribution in [1.29, 1.82) is 0 Å². The van der Waals surface area contributed by atoms with Crippen molar-refractivity contribution >= 4 is 23.0 Å². The summed E-state index contributed by atoms with van der Waals surface area (Å²) in [6, 6.07) is 14.6. The molecule has 22 heavy (non-hydrogen) atoms. The molecule has 0 aliphatic heterocycles. The molecule has 0 aromatic heterocycles. The van der Waals surface area contributed by atoms with Gasteiger partial charge in [0.2, 0.25) is 0 Å². The third-order valence-electron chi connectivity index (χ3n) is 3.72. The van der Waals surface area contributed by atoms with Crippen LogP contribution in [0.3, 0.4) is 0 Å². The molecule has 116 valence electrons. The van der Waals surface area contributed by atoms with E-state index in [1.807, 2.05) is 18.2 Å². The van der Waals surface area contributed by atoms with Crippen LogP contribution in [0.4, 0.5) is 10.1 Å². The fourth-order valence-corrected chi connectivity index (χ4v) is 2.39. The Morgan fingerprint density at radius 2 is 1.82 bits per heavy atom.